The van der Waals surface area contributed by atoms with Gasteiger partial charge >= 0.3 is 0 Å². The molecular weight excluding hydrogens is 252 g/mol. The standard InChI is InChI=1S/C11H20N4O2S/c1-3-14-11(6-7-13-14)18(16,17)15-8-4-5-10(15)9-12-2/h6-7,10,12H,3-5,8-9H2,1-2H3. The molecule has 1 atom stereocenters. The van der Waals surface area contributed by atoms with Crippen LogP contribution in [0.25, 0.3) is 0 Å². The maximum atomic E-state index is 12.6. The molecule has 2 heterocycles. The van der Waals surface area contributed by atoms with Gasteiger partial charge in [0.05, 0.1) is 6.20 Å². The summed E-state index contributed by atoms with van der Waals surface area (Å²) in [5.74, 6) is 0. The van der Waals surface area contributed by atoms with Gasteiger partial charge in [-0.05, 0) is 32.9 Å². The van der Waals surface area contributed by atoms with Crippen molar-refractivity contribution in [1.82, 2.24) is 19.4 Å². The number of rotatable bonds is 5. The number of aryl methyl sites for hydroxylation is 1. The van der Waals surface area contributed by atoms with Crippen molar-refractivity contribution in [3.05, 3.63) is 12.3 Å². The molecule has 1 N–H and O–H groups in total. The van der Waals surface area contributed by atoms with Crippen LogP contribution < -0.4 is 5.32 Å². The van der Waals surface area contributed by atoms with Crippen molar-refractivity contribution in [2.75, 3.05) is 20.1 Å². The fraction of sp³-hybridized carbons (Fsp3) is 0.727. The molecule has 0 amide bonds. The highest BCUT2D eigenvalue weighted by molar-refractivity contribution is 7.89. The maximum Gasteiger partial charge on any atom is 0.260 e. The zero-order valence-electron chi connectivity index (χ0n) is 10.8. The minimum absolute atomic E-state index is 0.0557. The molecule has 1 aromatic heterocycles. The Balaban J connectivity index is 2.31. The van der Waals surface area contributed by atoms with Gasteiger partial charge in [-0.1, -0.05) is 0 Å². The molecule has 0 aliphatic carbocycles. The van der Waals surface area contributed by atoms with Gasteiger partial charge in [0, 0.05) is 25.7 Å². The number of hydrogen-bond donors (Lipinski definition) is 1. The van der Waals surface area contributed by atoms with E-state index in [1.165, 1.54) is 4.68 Å². The number of nitrogens with zero attached hydrogens (tertiary/aromatic N) is 3. The molecule has 1 aliphatic rings. The van der Waals surface area contributed by atoms with Crippen LogP contribution in [0.1, 0.15) is 19.8 Å². The van der Waals surface area contributed by atoms with Gasteiger partial charge < -0.3 is 5.32 Å². The molecule has 18 heavy (non-hydrogen) atoms. The van der Waals surface area contributed by atoms with Gasteiger partial charge in [-0.15, -0.1) is 0 Å². The van der Waals surface area contributed by atoms with Crippen LogP contribution in [0.15, 0.2) is 17.3 Å². The molecule has 1 saturated heterocycles. The highest BCUT2D eigenvalue weighted by Crippen LogP contribution is 2.25. The van der Waals surface area contributed by atoms with Gasteiger partial charge in [0.1, 0.15) is 0 Å². The molecule has 1 aromatic rings. The molecule has 0 saturated carbocycles. The third-order valence-electron chi connectivity index (χ3n) is 3.31. The van der Waals surface area contributed by atoms with Crippen LogP contribution in [0.5, 0.6) is 0 Å². The van der Waals surface area contributed by atoms with Gasteiger partial charge in [-0.3, -0.25) is 4.68 Å². The third-order valence-corrected chi connectivity index (χ3v) is 5.29. The highest BCUT2D eigenvalue weighted by Gasteiger charge is 2.36. The third kappa shape index (κ3) is 2.30. The van der Waals surface area contributed by atoms with E-state index < -0.39 is 10.0 Å². The first-order valence-corrected chi connectivity index (χ1v) is 7.73. The first-order valence-electron chi connectivity index (χ1n) is 6.29. The second-order valence-corrected chi connectivity index (χ2v) is 6.29. The Labute approximate surface area is 108 Å². The van der Waals surface area contributed by atoms with Crippen LogP contribution in [0, 0.1) is 0 Å². The van der Waals surface area contributed by atoms with Crippen LogP contribution in [0.4, 0.5) is 0 Å². The lowest BCUT2D eigenvalue weighted by molar-refractivity contribution is 0.373. The molecule has 0 spiro atoms. The van der Waals surface area contributed by atoms with E-state index in [1.54, 1.807) is 16.6 Å². The van der Waals surface area contributed by atoms with E-state index in [-0.39, 0.29) is 6.04 Å². The fourth-order valence-electron chi connectivity index (χ4n) is 2.46. The zero-order valence-corrected chi connectivity index (χ0v) is 11.7. The minimum Gasteiger partial charge on any atom is -0.318 e. The SMILES string of the molecule is CCn1nccc1S(=O)(=O)N1CCCC1CNC. The number of likely N-dealkylation sites (N-methyl/N-ethyl adjacent to an activating group) is 1. The van der Waals surface area contributed by atoms with Crippen molar-refractivity contribution in [2.45, 2.75) is 37.4 Å². The molecule has 1 unspecified atom stereocenters. The first-order chi connectivity index (χ1) is 8.61. The largest absolute Gasteiger partial charge is 0.318 e. The number of aromatic nitrogens is 2. The van der Waals surface area contributed by atoms with Gasteiger partial charge in [0.2, 0.25) is 0 Å². The van der Waals surface area contributed by atoms with Crippen LogP contribution in [0.2, 0.25) is 0 Å². The molecule has 0 bridgehead atoms. The predicted molar refractivity (Wildman–Crippen MR) is 68.7 cm³/mol. The Morgan fingerprint density at radius 2 is 2.33 bits per heavy atom. The molecule has 7 heteroatoms. The summed E-state index contributed by atoms with van der Waals surface area (Å²) < 4.78 is 28.3. The quantitative estimate of drug-likeness (QED) is 0.836. The monoisotopic (exact) mass is 272 g/mol. The highest BCUT2D eigenvalue weighted by atomic mass is 32.2. The summed E-state index contributed by atoms with van der Waals surface area (Å²) in [5.41, 5.74) is 0. The Bertz CT molecular complexity index is 497. The second-order valence-electron chi connectivity index (χ2n) is 4.45. The van der Waals surface area contributed by atoms with Crippen LogP contribution in [0.3, 0.4) is 0 Å². The summed E-state index contributed by atoms with van der Waals surface area (Å²) in [6.45, 7) is 3.75. The maximum absolute atomic E-state index is 12.6. The Morgan fingerprint density at radius 1 is 1.56 bits per heavy atom. The van der Waals surface area contributed by atoms with E-state index in [1.807, 2.05) is 14.0 Å². The summed E-state index contributed by atoms with van der Waals surface area (Å²) >= 11 is 0. The predicted octanol–water partition coefficient (Wildman–Crippen LogP) is 0.275. The first kappa shape index (κ1) is 13.5. The number of sulfonamides is 1. The van der Waals surface area contributed by atoms with Crippen molar-refractivity contribution in [1.29, 1.82) is 0 Å². The lowest BCUT2D eigenvalue weighted by Crippen LogP contribution is -2.41. The normalized spacial score (nSPS) is 21.6. The molecule has 1 aliphatic heterocycles. The Morgan fingerprint density at radius 3 is 3.00 bits per heavy atom. The minimum atomic E-state index is -3.42. The van der Waals surface area contributed by atoms with Crippen molar-refractivity contribution < 1.29 is 8.42 Å². The van der Waals surface area contributed by atoms with Crippen molar-refractivity contribution in [2.24, 2.45) is 0 Å². The Hall–Kier alpha value is -0.920. The summed E-state index contributed by atoms with van der Waals surface area (Å²) in [4.78, 5) is 0. The summed E-state index contributed by atoms with van der Waals surface area (Å²) in [7, 11) is -1.57. The molecule has 102 valence electrons. The molecule has 0 aromatic carbocycles. The lowest BCUT2D eigenvalue weighted by atomic mass is 10.2. The molecule has 6 nitrogen and oxygen atoms in total. The van der Waals surface area contributed by atoms with Gasteiger partial charge in [0.25, 0.3) is 10.0 Å². The topological polar surface area (TPSA) is 67.2 Å². The van der Waals surface area contributed by atoms with E-state index in [4.69, 9.17) is 0 Å². The van der Waals surface area contributed by atoms with Crippen LogP contribution in [-0.4, -0.2) is 48.7 Å². The van der Waals surface area contributed by atoms with Crippen LogP contribution in [-0.2, 0) is 16.6 Å². The van der Waals surface area contributed by atoms with Crippen LogP contribution >= 0.6 is 0 Å². The smallest absolute Gasteiger partial charge is 0.260 e. The average Bonchev–Trinajstić information content (AvgIpc) is 2.97. The molecular formula is C11H20N4O2S. The summed E-state index contributed by atoms with van der Waals surface area (Å²) in [5, 5.41) is 7.39. The van der Waals surface area contributed by atoms with E-state index >= 15 is 0 Å². The number of hydrogen-bond acceptors (Lipinski definition) is 4. The summed E-state index contributed by atoms with van der Waals surface area (Å²) in [6.07, 6.45) is 3.38. The van der Waals surface area contributed by atoms with Gasteiger partial charge in [-0.2, -0.15) is 9.40 Å². The molecule has 0 radical (unpaired) electrons. The Kier molecular flexibility index (Phi) is 4.04. The summed E-state index contributed by atoms with van der Waals surface area (Å²) in [6, 6.07) is 1.63. The van der Waals surface area contributed by atoms with E-state index in [2.05, 4.69) is 10.4 Å². The lowest BCUT2D eigenvalue weighted by Gasteiger charge is -2.23. The average molecular weight is 272 g/mol. The van der Waals surface area contributed by atoms with Gasteiger partial charge in [0.15, 0.2) is 5.03 Å². The van der Waals surface area contributed by atoms with E-state index in [0.717, 1.165) is 12.8 Å². The van der Waals surface area contributed by atoms with E-state index in [0.29, 0.717) is 24.7 Å². The van der Waals surface area contributed by atoms with Gasteiger partial charge in [-0.25, -0.2) is 8.42 Å². The number of nitrogens with one attached hydrogen (secondary N) is 1. The van der Waals surface area contributed by atoms with E-state index in [9.17, 15) is 8.42 Å². The molecule has 1 fully saturated rings. The molecule has 2 rings (SSSR count). The fourth-order valence-corrected chi connectivity index (χ4v) is 4.32. The van der Waals surface area contributed by atoms with Crippen molar-refractivity contribution in [3.63, 3.8) is 0 Å². The van der Waals surface area contributed by atoms with Crippen molar-refractivity contribution in [3.8, 4) is 0 Å². The second kappa shape index (κ2) is 5.38. The zero-order chi connectivity index (χ0) is 13.2. The van der Waals surface area contributed by atoms with Crippen molar-refractivity contribution >= 4 is 10.0 Å².